The fourth-order valence-electron chi connectivity index (χ4n) is 3.14. The molecule has 0 saturated heterocycles. The molecule has 1 heterocycles. The number of Topliss-reactive ketones (excluding diaryl/α,β-unsaturated/α-hetero) is 1. The topological polar surface area (TPSA) is 34.9 Å². The van der Waals surface area contributed by atoms with Crippen molar-refractivity contribution in [2.24, 2.45) is 0 Å². The number of hydrogen-bond acceptors (Lipinski definition) is 3. The number of carbonyl (C=O) groups excluding carboxylic acids is 1. The van der Waals surface area contributed by atoms with Crippen molar-refractivity contribution >= 4 is 17.5 Å². The second kappa shape index (κ2) is 8.28. The first-order chi connectivity index (χ1) is 13.7. The van der Waals surface area contributed by atoms with Crippen molar-refractivity contribution in [1.82, 2.24) is 9.55 Å². The van der Waals surface area contributed by atoms with Crippen LogP contribution in [-0.2, 0) is 4.79 Å². The Labute approximate surface area is 169 Å². The molecule has 0 saturated carbocycles. The van der Waals surface area contributed by atoms with Gasteiger partial charge in [-0.1, -0.05) is 90.6 Å². The molecule has 0 spiro atoms. The average Bonchev–Trinajstić information content (AvgIpc) is 3.14. The van der Waals surface area contributed by atoms with Crippen LogP contribution in [0.3, 0.4) is 0 Å². The van der Waals surface area contributed by atoms with Gasteiger partial charge >= 0.3 is 0 Å². The van der Waals surface area contributed by atoms with Gasteiger partial charge in [-0.15, -0.1) is 0 Å². The summed E-state index contributed by atoms with van der Waals surface area (Å²) in [4.78, 5) is 16.6. The quantitative estimate of drug-likeness (QED) is 0.389. The summed E-state index contributed by atoms with van der Waals surface area (Å²) in [5.41, 5.74) is 5.13. The molecule has 0 aliphatic carbocycles. The number of carbonyl (C=O) groups is 1. The Hall–Kier alpha value is -3.11. The van der Waals surface area contributed by atoms with Crippen molar-refractivity contribution < 1.29 is 4.79 Å². The van der Waals surface area contributed by atoms with E-state index in [2.05, 4.69) is 41.0 Å². The molecule has 3 aromatic carbocycles. The molecule has 4 heteroatoms. The zero-order valence-electron chi connectivity index (χ0n) is 15.6. The number of imidazole rings is 1. The van der Waals surface area contributed by atoms with Crippen molar-refractivity contribution in [3.05, 3.63) is 91.0 Å². The van der Waals surface area contributed by atoms with E-state index < -0.39 is 0 Å². The maximum atomic E-state index is 11.6. The molecule has 0 atom stereocenters. The summed E-state index contributed by atoms with van der Waals surface area (Å²) in [5.74, 6) is 0.530. The van der Waals surface area contributed by atoms with E-state index in [0.717, 1.165) is 33.4 Å². The highest BCUT2D eigenvalue weighted by Gasteiger charge is 2.21. The van der Waals surface area contributed by atoms with Crippen LogP contribution < -0.4 is 0 Å². The lowest BCUT2D eigenvalue weighted by Gasteiger charge is -2.13. The fourth-order valence-corrected chi connectivity index (χ4v) is 3.95. The number of para-hydroxylation sites is 1. The van der Waals surface area contributed by atoms with Crippen LogP contribution in [0.25, 0.3) is 28.2 Å². The van der Waals surface area contributed by atoms with E-state index in [-0.39, 0.29) is 5.78 Å². The van der Waals surface area contributed by atoms with Gasteiger partial charge in [0.2, 0.25) is 0 Å². The first-order valence-electron chi connectivity index (χ1n) is 9.15. The van der Waals surface area contributed by atoms with E-state index in [4.69, 9.17) is 4.98 Å². The highest BCUT2D eigenvalue weighted by atomic mass is 32.2. The van der Waals surface area contributed by atoms with Gasteiger partial charge in [0.25, 0.3) is 0 Å². The largest absolute Gasteiger partial charge is 0.299 e. The number of hydrogen-bond donors (Lipinski definition) is 0. The van der Waals surface area contributed by atoms with Gasteiger partial charge in [-0.05, 0) is 19.1 Å². The fraction of sp³-hybridized carbons (Fsp3) is 0.0833. The van der Waals surface area contributed by atoms with Crippen molar-refractivity contribution in [1.29, 1.82) is 0 Å². The van der Waals surface area contributed by atoms with E-state index in [9.17, 15) is 4.79 Å². The molecule has 28 heavy (non-hydrogen) atoms. The third-order valence-corrected chi connectivity index (χ3v) is 5.44. The number of ketones is 1. The Morgan fingerprint density at radius 2 is 1.36 bits per heavy atom. The van der Waals surface area contributed by atoms with Crippen molar-refractivity contribution in [3.8, 4) is 28.2 Å². The number of nitrogens with zero attached hydrogens (tertiary/aromatic N) is 2. The van der Waals surface area contributed by atoms with E-state index >= 15 is 0 Å². The Bertz CT molecular complexity index is 1070. The molecule has 0 amide bonds. The Morgan fingerprint density at radius 3 is 1.93 bits per heavy atom. The van der Waals surface area contributed by atoms with Crippen LogP contribution in [-0.4, -0.2) is 21.1 Å². The molecule has 0 bridgehead atoms. The molecule has 4 rings (SSSR count). The Kier molecular flexibility index (Phi) is 5.40. The van der Waals surface area contributed by atoms with Crippen LogP contribution in [0, 0.1) is 0 Å². The van der Waals surface area contributed by atoms with Crippen LogP contribution >= 0.6 is 11.8 Å². The number of benzene rings is 3. The van der Waals surface area contributed by atoms with Gasteiger partial charge in [0.05, 0.1) is 17.1 Å². The molecular formula is C24H20N2OS. The summed E-state index contributed by atoms with van der Waals surface area (Å²) in [6, 6.07) is 30.7. The molecule has 0 fully saturated rings. The van der Waals surface area contributed by atoms with Gasteiger partial charge in [-0.25, -0.2) is 4.98 Å². The molecule has 0 aliphatic rings. The van der Waals surface area contributed by atoms with Crippen molar-refractivity contribution in [2.75, 3.05) is 5.75 Å². The molecule has 0 N–H and O–H groups in total. The second-order valence-corrected chi connectivity index (χ2v) is 7.43. The number of thioether (sulfide) groups is 1. The molecule has 138 valence electrons. The van der Waals surface area contributed by atoms with Crippen LogP contribution in [0.4, 0.5) is 0 Å². The highest BCUT2D eigenvalue weighted by molar-refractivity contribution is 7.99. The minimum atomic E-state index is 0.134. The lowest BCUT2D eigenvalue weighted by Crippen LogP contribution is -2.01. The van der Waals surface area contributed by atoms with E-state index in [1.807, 2.05) is 54.6 Å². The van der Waals surface area contributed by atoms with Gasteiger partial charge in [0.1, 0.15) is 5.78 Å². The van der Waals surface area contributed by atoms with E-state index in [1.54, 1.807) is 6.92 Å². The maximum Gasteiger partial charge on any atom is 0.174 e. The van der Waals surface area contributed by atoms with E-state index in [1.165, 1.54) is 11.8 Å². The molecular weight excluding hydrogens is 364 g/mol. The predicted molar refractivity (Wildman–Crippen MR) is 116 cm³/mol. The average molecular weight is 385 g/mol. The standard InChI is InChI=1S/C24H20N2OS/c1-18(27)17-28-24-25-22(19-11-5-2-6-12-19)23(20-13-7-3-8-14-20)26(24)21-15-9-4-10-16-21/h2-16H,17H2,1H3. The summed E-state index contributed by atoms with van der Waals surface area (Å²) in [6.45, 7) is 1.61. The Balaban J connectivity index is 2.00. The first kappa shape index (κ1) is 18.3. The summed E-state index contributed by atoms with van der Waals surface area (Å²) in [5, 5.41) is 0.819. The molecule has 1 aromatic heterocycles. The molecule has 0 radical (unpaired) electrons. The van der Waals surface area contributed by atoms with Crippen molar-refractivity contribution in [3.63, 3.8) is 0 Å². The summed E-state index contributed by atoms with van der Waals surface area (Å²) < 4.78 is 2.16. The lowest BCUT2D eigenvalue weighted by molar-refractivity contribution is -0.114. The van der Waals surface area contributed by atoms with Gasteiger partial charge in [-0.2, -0.15) is 0 Å². The first-order valence-corrected chi connectivity index (χ1v) is 10.1. The van der Waals surface area contributed by atoms with Crippen LogP contribution in [0.2, 0.25) is 0 Å². The van der Waals surface area contributed by atoms with Crippen LogP contribution in [0.5, 0.6) is 0 Å². The summed E-state index contributed by atoms with van der Waals surface area (Å²) >= 11 is 1.48. The number of rotatable bonds is 6. The second-order valence-electron chi connectivity index (χ2n) is 6.49. The molecule has 3 nitrogen and oxygen atoms in total. The minimum absolute atomic E-state index is 0.134. The molecule has 4 aromatic rings. The monoisotopic (exact) mass is 384 g/mol. The highest BCUT2D eigenvalue weighted by Crippen LogP contribution is 2.38. The minimum Gasteiger partial charge on any atom is -0.299 e. The molecule has 0 aliphatic heterocycles. The van der Waals surface area contributed by atoms with Crippen LogP contribution in [0.15, 0.2) is 96.2 Å². The normalized spacial score (nSPS) is 10.8. The third kappa shape index (κ3) is 3.78. The summed E-state index contributed by atoms with van der Waals surface area (Å²) in [7, 11) is 0. The van der Waals surface area contributed by atoms with Crippen LogP contribution in [0.1, 0.15) is 6.92 Å². The Morgan fingerprint density at radius 1 is 0.821 bits per heavy atom. The van der Waals surface area contributed by atoms with Gasteiger partial charge in [-0.3, -0.25) is 9.36 Å². The predicted octanol–water partition coefficient (Wildman–Crippen LogP) is 5.89. The maximum absolute atomic E-state index is 11.6. The SMILES string of the molecule is CC(=O)CSc1nc(-c2ccccc2)c(-c2ccccc2)n1-c1ccccc1. The van der Waals surface area contributed by atoms with Gasteiger partial charge in [0, 0.05) is 16.8 Å². The van der Waals surface area contributed by atoms with Gasteiger partial charge < -0.3 is 0 Å². The lowest BCUT2D eigenvalue weighted by atomic mass is 10.0. The third-order valence-electron chi connectivity index (χ3n) is 4.36. The summed E-state index contributed by atoms with van der Waals surface area (Å²) in [6.07, 6.45) is 0. The zero-order valence-corrected chi connectivity index (χ0v) is 16.4. The zero-order chi connectivity index (χ0) is 19.3. The van der Waals surface area contributed by atoms with Gasteiger partial charge in [0.15, 0.2) is 5.16 Å². The molecule has 0 unspecified atom stereocenters. The number of aromatic nitrogens is 2. The van der Waals surface area contributed by atoms with Crippen molar-refractivity contribution in [2.45, 2.75) is 12.1 Å². The van der Waals surface area contributed by atoms with E-state index in [0.29, 0.717) is 5.75 Å². The smallest absolute Gasteiger partial charge is 0.174 e.